The SMILES string of the molecule is CNCC(O)c1ccc(O)c([OH2+])c1. The highest BCUT2D eigenvalue weighted by Crippen LogP contribution is 2.27. The third-order valence-electron chi connectivity index (χ3n) is 1.80. The van der Waals surface area contributed by atoms with Crippen molar-refractivity contribution in [2.45, 2.75) is 6.10 Å². The second-order valence-electron chi connectivity index (χ2n) is 2.85. The summed E-state index contributed by atoms with van der Waals surface area (Å²) in [5, 5.41) is 28.7. The van der Waals surface area contributed by atoms with Gasteiger partial charge in [-0.2, -0.15) is 0 Å². The molecule has 0 saturated carbocycles. The highest BCUT2D eigenvalue weighted by molar-refractivity contribution is 5.41. The molecular weight excluding hydrogens is 170 g/mol. The van der Waals surface area contributed by atoms with E-state index in [4.69, 9.17) is 10.2 Å². The molecule has 13 heavy (non-hydrogen) atoms. The van der Waals surface area contributed by atoms with E-state index < -0.39 is 6.10 Å². The van der Waals surface area contributed by atoms with Gasteiger partial charge in [-0.1, -0.05) is 6.07 Å². The van der Waals surface area contributed by atoms with E-state index in [0.717, 1.165) is 0 Å². The molecular formula is C9H14NO3+. The Balaban J connectivity index is 2.84. The van der Waals surface area contributed by atoms with Crippen LogP contribution in [0.3, 0.4) is 0 Å². The first-order valence-corrected chi connectivity index (χ1v) is 4.02. The van der Waals surface area contributed by atoms with Crippen LogP contribution in [-0.2, 0) is 0 Å². The Morgan fingerprint density at radius 3 is 2.77 bits per heavy atom. The number of nitrogens with one attached hydrogen (secondary N) is 1. The predicted molar refractivity (Wildman–Crippen MR) is 50.1 cm³/mol. The van der Waals surface area contributed by atoms with Crippen molar-refractivity contribution < 1.29 is 15.3 Å². The minimum absolute atomic E-state index is 0.0349. The Kier molecular flexibility index (Phi) is 3.11. The van der Waals surface area contributed by atoms with E-state index in [1.54, 1.807) is 13.1 Å². The molecule has 0 aliphatic carbocycles. The summed E-state index contributed by atoms with van der Waals surface area (Å²) in [5.41, 5.74) is 0.636. The van der Waals surface area contributed by atoms with Crippen molar-refractivity contribution in [1.82, 2.24) is 5.32 Å². The standard InChI is InChI=1S/C9H13NO3/c1-10-5-9(13)6-2-3-7(11)8(12)4-6/h2-4,9-13H,5H2,1H3/p+1. The maximum Gasteiger partial charge on any atom is 0.296 e. The van der Waals surface area contributed by atoms with Crippen LogP contribution in [0.1, 0.15) is 11.7 Å². The Bertz CT molecular complexity index is 288. The fourth-order valence-electron chi connectivity index (χ4n) is 1.07. The van der Waals surface area contributed by atoms with Gasteiger partial charge in [0.25, 0.3) is 5.75 Å². The number of hydrogen-bond donors (Lipinski definition) is 3. The number of benzene rings is 1. The number of likely N-dealkylation sites (N-methyl/N-ethyl adjacent to an activating group) is 1. The highest BCUT2D eigenvalue weighted by atomic mass is 16.3. The van der Waals surface area contributed by atoms with Gasteiger partial charge in [-0.25, -0.2) is 0 Å². The summed E-state index contributed by atoms with van der Waals surface area (Å²) in [4.78, 5) is 0. The van der Waals surface area contributed by atoms with Gasteiger partial charge in [0.15, 0.2) is 0 Å². The summed E-state index contributed by atoms with van der Waals surface area (Å²) in [5.74, 6) is -0.0342. The van der Waals surface area contributed by atoms with Crippen molar-refractivity contribution in [1.29, 1.82) is 0 Å². The molecule has 4 nitrogen and oxygen atoms in total. The first-order chi connectivity index (χ1) is 6.15. The number of phenolic OH excluding ortho intramolecular Hbond substituents is 1. The molecule has 0 heterocycles. The first kappa shape index (κ1) is 9.83. The van der Waals surface area contributed by atoms with Gasteiger partial charge in [0.2, 0.25) is 5.75 Å². The summed E-state index contributed by atoms with van der Waals surface area (Å²) in [6.07, 6.45) is -0.630. The Morgan fingerprint density at radius 1 is 1.54 bits per heavy atom. The molecule has 5 N–H and O–H groups in total. The highest BCUT2D eigenvalue weighted by Gasteiger charge is 2.10. The van der Waals surface area contributed by atoms with Crippen LogP contribution in [0.2, 0.25) is 0 Å². The Labute approximate surface area is 76.5 Å². The van der Waals surface area contributed by atoms with E-state index >= 15 is 0 Å². The molecule has 0 saturated heterocycles. The summed E-state index contributed by atoms with van der Waals surface area (Å²) in [7, 11) is 1.74. The van der Waals surface area contributed by atoms with Gasteiger partial charge in [-0.3, -0.25) is 0 Å². The van der Waals surface area contributed by atoms with Crippen molar-refractivity contribution >= 4 is 0 Å². The monoisotopic (exact) mass is 184 g/mol. The van der Waals surface area contributed by atoms with Gasteiger partial charge in [-0.05, 0) is 18.7 Å². The molecule has 1 rings (SSSR count). The smallest absolute Gasteiger partial charge is 0.296 e. The number of aliphatic hydroxyl groups is 1. The van der Waals surface area contributed by atoms with Gasteiger partial charge in [-0.15, -0.1) is 0 Å². The number of rotatable bonds is 3. The van der Waals surface area contributed by atoms with Gasteiger partial charge in [0.1, 0.15) is 0 Å². The van der Waals surface area contributed by atoms with Gasteiger partial charge >= 0.3 is 0 Å². The predicted octanol–water partition coefficient (Wildman–Crippen LogP) is 0.0829. The van der Waals surface area contributed by atoms with Crippen LogP contribution in [0.25, 0.3) is 0 Å². The van der Waals surface area contributed by atoms with Crippen LogP contribution in [0.4, 0.5) is 0 Å². The summed E-state index contributed by atoms with van der Waals surface area (Å²) < 4.78 is 0. The summed E-state index contributed by atoms with van der Waals surface area (Å²) >= 11 is 0. The van der Waals surface area contributed by atoms with E-state index in [1.807, 2.05) is 0 Å². The summed E-state index contributed by atoms with van der Waals surface area (Å²) in [6, 6.07) is 4.48. The molecule has 0 radical (unpaired) electrons. The van der Waals surface area contributed by atoms with Crippen LogP contribution >= 0.6 is 0 Å². The lowest BCUT2D eigenvalue weighted by atomic mass is 10.1. The maximum atomic E-state index is 9.51. The number of phenols is 1. The Morgan fingerprint density at radius 2 is 2.23 bits per heavy atom. The zero-order valence-electron chi connectivity index (χ0n) is 7.41. The zero-order valence-corrected chi connectivity index (χ0v) is 7.41. The number of aliphatic hydroxyl groups excluding tert-OH is 1. The van der Waals surface area contributed by atoms with E-state index in [2.05, 4.69) is 5.32 Å². The molecule has 0 bridgehead atoms. The van der Waals surface area contributed by atoms with E-state index in [9.17, 15) is 5.11 Å². The molecule has 1 unspecified atom stereocenters. The molecule has 0 amide bonds. The molecule has 1 atom stereocenters. The average Bonchev–Trinajstić information content (AvgIpc) is 2.10. The first-order valence-electron chi connectivity index (χ1n) is 4.02. The lowest BCUT2D eigenvalue weighted by Crippen LogP contribution is -2.16. The van der Waals surface area contributed by atoms with Crippen molar-refractivity contribution in [3.8, 4) is 11.5 Å². The molecule has 0 aliphatic heterocycles. The third-order valence-corrected chi connectivity index (χ3v) is 1.80. The zero-order chi connectivity index (χ0) is 9.84. The van der Waals surface area contributed by atoms with Gasteiger partial charge < -0.3 is 20.6 Å². The molecule has 4 heteroatoms. The molecule has 1 aromatic carbocycles. The van der Waals surface area contributed by atoms with Crippen LogP contribution in [-0.4, -0.2) is 28.9 Å². The molecule has 1 aromatic rings. The number of aromatic hydroxyl groups is 1. The van der Waals surface area contributed by atoms with Gasteiger partial charge in [0.05, 0.1) is 6.10 Å². The molecule has 72 valence electrons. The van der Waals surface area contributed by atoms with E-state index in [1.165, 1.54) is 12.1 Å². The Hall–Kier alpha value is -1.26. The fraction of sp³-hybridized carbons (Fsp3) is 0.333. The largest absolute Gasteiger partial charge is 0.591 e. The fourth-order valence-corrected chi connectivity index (χ4v) is 1.07. The topological polar surface area (TPSA) is 75.4 Å². The normalized spacial score (nSPS) is 12.8. The second kappa shape index (κ2) is 4.11. The van der Waals surface area contributed by atoms with E-state index in [-0.39, 0.29) is 11.5 Å². The lowest BCUT2D eigenvalue weighted by molar-refractivity contribution is 0.177. The van der Waals surface area contributed by atoms with Crippen molar-refractivity contribution in [3.63, 3.8) is 0 Å². The van der Waals surface area contributed by atoms with Crippen LogP contribution in [0.15, 0.2) is 18.2 Å². The lowest BCUT2D eigenvalue weighted by Gasteiger charge is -2.09. The molecule has 0 spiro atoms. The minimum atomic E-state index is -0.630. The molecule has 0 aromatic heterocycles. The average molecular weight is 184 g/mol. The van der Waals surface area contributed by atoms with Crippen molar-refractivity contribution in [2.24, 2.45) is 0 Å². The van der Waals surface area contributed by atoms with Crippen molar-refractivity contribution in [2.75, 3.05) is 13.6 Å². The minimum Gasteiger partial charge on any atom is -0.591 e. The van der Waals surface area contributed by atoms with Crippen LogP contribution < -0.4 is 5.32 Å². The molecule has 0 fully saturated rings. The second-order valence-corrected chi connectivity index (χ2v) is 2.85. The van der Waals surface area contributed by atoms with Crippen LogP contribution in [0.5, 0.6) is 11.5 Å². The van der Waals surface area contributed by atoms with Crippen molar-refractivity contribution in [3.05, 3.63) is 23.8 Å². The van der Waals surface area contributed by atoms with Crippen LogP contribution in [0, 0.1) is 0 Å². The van der Waals surface area contributed by atoms with Gasteiger partial charge in [0, 0.05) is 12.6 Å². The van der Waals surface area contributed by atoms with E-state index in [0.29, 0.717) is 12.1 Å². The summed E-state index contributed by atoms with van der Waals surface area (Å²) in [6.45, 7) is 0.435. The third kappa shape index (κ3) is 2.34. The number of hydrogen-bond acceptors (Lipinski definition) is 3. The quantitative estimate of drug-likeness (QED) is 0.582. The maximum absolute atomic E-state index is 9.51. The molecule has 0 aliphatic rings.